The van der Waals surface area contributed by atoms with Crippen molar-refractivity contribution in [3.63, 3.8) is 0 Å². The smallest absolute Gasteiger partial charge is 0.154 e. The molecule has 0 spiro atoms. The number of para-hydroxylation sites is 2. The van der Waals surface area contributed by atoms with Crippen LogP contribution in [0.15, 0.2) is 52.3 Å². The fraction of sp³-hybridized carbons (Fsp3) is 0.333. The van der Waals surface area contributed by atoms with E-state index in [9.17, 15) is 0 Å². The van der Waals surface area contributed by atoms with Crippen molar-refractivity contribution in [3.8, 4) is 0 Å². The van der Waals surface area contributed by atoms with Crippen LogP contribution in [0.5, 0.6) is 0 Å². The summed E-state index contributed by atoms with van der Waals surface area (Å²) in [4.78, 5) is 2.52. The Balaban J connectivity index is 1.64. The zero-order valence-corrected chi connectivity index (χ0v) is 14.1. The molecule has 0 radical (unpaired) electrons. The van der Waals surface area contributed by atoms with Gasteiger partial charge in [-0.1, -0.05) is 36.0 Å². The van der Waals surface area contributed by atoms with Gasteiger partial charge in [0, 0.05) is 16.3 Å². The molecule has 0 saturated carbocycles. The molecule has 2 aromatic carbocycles. The number of nitrogens with one attached hydrogen (secondary N) is 1. The second-order valence-corrected chi connectivity index (χ2v) is 6.45. The van der Waals surface area contributed by atoms with E-state index in [4.69, 9.17) is 15.2 Å². The fourth-order valence-corrected chi connectivity index (χ4v) is 3.58. The molecule has 0 aromatic heterocycles. The largest absolute Gasteiger partial charge is 0.353 e. The van der Waals surface area contributed by atoms with Crippen LogP contribution in [0.3, 0.4) is 0 Å². The van der Waals surface area contributed by atoms with Gasteiger partial charge in [-0.2, -0.15) is 0 Å². The van der Waals surface area contributed by atoms with Crippen LogP contribution in [0.25, 0.3) is 0 Å². The van der Waals surface area contributed by atoms with Gasteiger partial charge in [0.1, 0.15) is 0 Å². The van der Waals surface area contributed by atoms with Crippen LogP contribution >= 0.6 is 11.8 Å². The summed E-state index contributed by atoms with van der Waals surface area (Å²) in [5.41, 5.74) is 9.04. The summed E-state index contributed by atoms with van der Waals surface area (Å²) >= 11 is 1.81. The summed E-state index contributed by atoms with van der Waals surface area (Å²) in [6, 6.07) is 14.8. The monoisotopic (exact) mass is 330 g/mol. The Hall–Kier alpha value is -1.53. The van der Waals surface area contributed by atoms with Crippen molar-refractivity contribution in [1.29, 1.82) is 0 Å². The van der Waals surface area contributed by atoms with Gasteiger partial charge in [-0.15, -0.1) is 0 Å². The Bertz CT molecular complexity index is 663. The first-order chi connectivity index (χ1) is 11.3. The first kappa shape index (κ1) is 16.3. The minimum atomic E-state index is -0.221. The third kappa shape index (κ3) is 4.06. The highest BCUT2D eigenvalue weighted by atomic mass is 32.2. The molecule has 1 aliphatic heterocycles. The topological polar surface area (TPSA) is 56.5 Å². The van der Waals surface area contributed by atoms with Crippen LogP contribution in [0.2, 0.25) is 0 Å². The predicted octanol–water partition coefficient (Wildman–Crippen LogP) is 3.78. The van der Waals surface area contributed by atoms with Crippen LogP contribution in [0.1, 0.15) is 12.5 Å². The van der Waals surface area contributed by atoms with Gasteiger partial charge in [-0.25, -0.2) is 0 Å². The summed E-state index contributed by atoms with van der Waals surface area (Å²) in [5, 5.41) is 3.56. The maximum Gasteiger partial charge on any atom is 0.154 e. The minimum absolute atomic E-state index is 0.221. The lowest BCUT2D eigenvalue weighted by Gasteiger charge is -2.23. The van der Waals surface area contributed by atoms with E-state index in [1.807, 2.05) is 6.92 Å². The molecule has 3 rings (SSSR count). The van der Waals surface area contributed by atoms with Gasteiger partial charge < -0.3 is 20.5 Å². The van der Waals surface area contributed by atoms with Crippen molar-refractivity contribution < 1.29 is 9.47 Å². The van der Waals surface area contributed by atoms with Crippen LogP contribution < -0.4 is 11.1 Å². The van der Waals surface area contributed by atoms with Crippen LogP contribution in [0.4, 0.5) is 11.4 Å². The fourth-order valence-electron chi connectivity index (χ4n) is 2.54. The maximum absolute atomic E-state index is 5.70. The van der Waals surface area contributed by atoms with E-state index in [1.54, 1.807) is 11.8 Å². The molecule has 3 N–H and O–H groups in total. The van der Waals surface area contributed by atoms with Gasteiger partial charge >= 0.3 is 0 Å². The lowest BCUT2D eigenvalue weighted by Crippen LogP contribution is -2.19. The quantitative estimate of drug-likeness (QED) is 0.646. The van der Waals surface area contributed by atoms with Crippen LogP contribution in [-0.2, 0) is 15.9 Å². The Kier molecular flexibility index (Phi) is 5.56. The first-order valence-corrected chi connectivity index (χ1v) is 8.68. The predicted molar refractivity (Wildman–Crippen MR) is 94.4 cm³/mol. The number of hydrogen-bond acceptors (Lipinski definition) is 5. The molecule has 4 nitrogen and oxygen atoms in total. The Morgan fingerprint density at radius 3 is 2.70 bits per heavy atom. The molecule has 1 unspecified atom stereocenters. The van der Waals surface area contributed by atoms with Gasteiger partial charge in [-0.3, -0.25) is 0 Å². The van der Waals surface area contributed by atoms with E-state index >= 15 is 0 Å². The number of benzene rings is 2. The van der Waals surface area contributed by atoms with E-state index in [0.717, 1.165) is 12.1 Å². The lowest BCUT2D eigenvalue weighted by molar-refractivity contribution is -0.127. The van der Waals surface area contributed by atoms with Crippen molar-refractivity contribution in [2.24, 2.45) is 5.73 Å². The molecule has 0 amide bonds. The van der Waals surface area contributed by atoms with Crippen LogP contribution in [0, 0.1) is 0 Å². The first-order valence-electron chi connectivity index (χ1n) is 7.87. The van der Waals surface area contributed by atoms with Crippen molar-refractivity contribution in [3.05, 3.63) is 48.0 Å². The lowest BCUT2D eigenvalue weighted by atomic mass is 10.1. The average molecular weight is 330 g/mol. The Morgan fingerprint density at radius 2 is 1.83 bits per heavy atom. The third-order valence-corrected chi connectivity index (χ3v) is 4.81. The molecule has 1 atom stereocenters. The number of nitrogens with two attached hydrogens (primary N) is 1. The van der Waals surface area contributed by atoms with E-state index in [2.05, 4.69) is 47.8 Å². The highest BCUT2D eigenvalue weighted by Crippen LogP contribution is 2.45. The van der Waals surface area contributed by atoms with E-state index in [0.29, 0.717) is 19.8 Å². The summed E-state index contributed by atoms with van der Waals surface area (Å²) in [6.45, 7) is 3.56. The number of hydrogen-bond donors (Lipinski definition) is 2. The molecule has 5 heteroatoms. The van der Waals surface area contributed by atoms with Crippen molar-refractivity contribution in [2.75, 3.05) is 25.1 Å². The van der Waals surface area contributed by atoms with Gasteiger partial charge in [-0.05, 0) is 37.1 Å². The summed E-state index contributed by atoms with van der Waals surface area (Å²) < 4.78 is 11.1. The van der Waals surface area contributed by atoms with Crippen molar-refractivity contribution in [2.45, 2.75) is 29.4 Å². The molecule has 23 heavy (non-hydrogen) atoms. The molecule has 1 heterocycles. The molecule has 122 valence electrons. The Labute approximate surface area is 141 Å². The zero-order chi connectivity index (χ0) is 16.1. The molecular weight excluding hydrogens is 308 g/mol. The number of rotatable bonds is 7. The molecule has 0 fully saturated rings. The van der Waals surface area contributed by atoms with E-state index < -0.39 is 0 Å². The number of anilines is 2. The average Bonchev–Trinajstić information content (AvgIpc) is 2.58. The van der Waals surface area contributed by atoms with Gasteiger partial charge in [0.2, 0.25) is 0 Å². The molecule has 2 aromatic rings. The molecule has 0 aliphatic carbocycles. The van der Waals surface area contributed by atoms with Crippen LogP contribution in [-0.4, -0.2) is 26.0 Å². The van der Waals surface area contributed by atoms with Crippen molar-refractivity contribution >= 4 is 23.1 Å². The Morgan fingerprint density at radius 1 is 1.04 bits per heavy atom. The third-order valence-electron chi connectivity index (χ3n) is 3.67. The van der Waals surface area contributed by atoms with Gasteiger partial charge in [0.15, 0.2) is 6.29 Å². The minimum Gasteiger partial charge on any atom is -0.353 e. The summed E-state index contributed by atoms with van der Waals surface area (Å²) in [6.07, 6.45) is 0.621. The number of ether oxygens (including phenoxy) is 2. The number of fused-ring (bicyclic) bond motifs is 2. The SMILES string of the molecule is CC(OCCN)OCCc1cccc2c1Nc1ccccc1S2. The van der Waals surface area contributed by atoms with Gasteiger partial charge in [0.25, 0.3) is 0 Å². The summed E-state index contributed by atoms with van der Waals surface area (Å²) in [5.74, 6) is 0. The highest BCUT2D eigenvalue weighted by Gasteiger charge is 2.17. The standard InChI is InChI=1S/C18H22N2O2S/c1-13(22-12-10-19)21-11-9-14-5-4-8-17-18(14)20-15-6-2-3-7-16(15)23-17/h2-8,13,20H,9-12,19H2,1H3. The van der Waals surface area contributed by atoms with E-state index in [-0.39, 0.29) is 6.29 Å². The second kappa shape index (κ2) is 7.84. The van der Waals surface area contributed by atoms with E-state index in [1.165, 1.54) is 21.0 Å². The summed E-state index contributed by atoms with van der Waals surface area (Å²) in [7, 11) is 0. The molecular formula is C18H22N2O2S. The molecule has 0 saturated heterocycles. The van der Waals surface area contributed by atoms with Crippen molar-refractivity contribution in [1.82, 2.24) is 0 Å². The molecule has 0 bridgehead atoms. The highest BCUT2D eigenvalue weighted by molar-refractivity contribution is 7.99. The van der Waals surface area contributed by atoms with Gasteiger partial charge in [0.05, 0.1) is 24.6 Å². The molecule has 1 aliphatic rings. The second-order valence-electron chi connectivity index (χ2n) is 5.36. The zero-order valence-electron chi connectivity index (χ0n) is 13.2. The maximum atomic E-state index is 5.70. The normalized spacial score (nSPS) is 13.8.